The maximum Gasteiger partial charge on any atom is 0.270 e. The van der Waals surface area contributed by atoms with Crippen molar-refractivity contribution in [3.8, 4) is 5.75 Å². The third kappa shape index (κ3) is 1.13. The summed E-state index contributed by atoms with van der Waals surface area (Å²) in [4.78, 5) is 14.0. The molecule has 4 nitrogen and oxygen atoms in total. The van der Waals surface area contributed by atoms with Crippen molar-refractivity contribution in [1.29, 1.82) is 0 Å². The van der Waals surface area contributed by atoms with Crippen molar-refractivity contribution < 1.29 is 9.53 Å². The average Bonchev–Trinajstić information content (AvgIpc) is 2.26. The molecule has 0 aromatic heterocycles. The third-order valence-corrected chi connectivity index (χ3v) is 3.05. The van der Waals surface area contributed by atoms with Gasteiger partial charge < -0.3 is 15.0 Å². The average molecular weight is 218 g/mol. The van der Waals surface area contributed by atoms with Crippen molar-refractivity contribution in [3.05, 3.63) is 18.2 Å². The maximum absolute atomic E-state index is 12.2. The van der Waals surface area contributed by atoms with Gasteiger partial charge in [0, 0.05) is 13.1 Å². The molecular weight excluding hydrogens is 204 g/mol. The van der Waals surface area contributed by atoms with Gasteiger partial charge in [0.2, 0.25) is 0 Å². The zero-order chi connectivity index (χ0) is 11.3. The van der Waals surface area contributed by atoms with Gasteiger partial charge in [-0.2, -0.15) is 0 Å². The van der Waals surface area contributed by atoms with Crippen LogP contribution in [0.25, 0.3) is 0 Å². The van der Waals surface area contributed by atoms with Crippen molar-refractivity contribution in [2.45, 2.75) is 19.4 Å². The van der Waals surface area contributed by atoms with E-state index in [1.165, 1.54) is 0 Å². The molecule has 0 saturated carbocycles. The van der Waals surface area contributed by atoms with Gasteiger partial charge >= 0.3 is 0 Å². The molecule has 0 spiro atoms. The van der Waals surface area contributed by atoms with E-state index in [1.807, 2.05) is 36.9 Å². The highest BCUT2D eigenvalue weighted by molar-refractivity contribution is 6.06. The van der Waals surface area contributed by atoms with Crippen LogP contribution in [-0.2, 0) is 4.79 Å². The van der Waals surface area contributed by atoms with Gasteiger partial charge in [-0.3, -0.25) is 4.79 Å². The van der Waals surface area contributed by atoms with Crippen molar-refractivity contribution >= 4 is 17.3 Å². The molecule has 0 atom stereocenters. The van der Waals surface area contributed by atoms with Crippen molar-refractivity contribution in [2.75, 3.05) is 23.3 Å². The van der Waals surface area contributed by atoms with Crippen LogP contribution in [0, 0.1) is 0 Å². The minimum atomic E-state index is -0.761. The summed E-state index contributed by atoms with van der Waals surface area (Å²) in [6.45, 7) is 5.12. The maximum atomic E-state index is 12.2. The Bertz CT molecular complexity index is 468. The van der Waals surface area contributed by atoms with E-state index >= 15 is 0 Å². The molecule has 0 bridgehead atoms. The number of ether oxygens (including phenoxy) is 1. The number of carbonyl (C=O) groups excluding carboxylic acids is 1. The van der Waals surface area contributed by atoms with Crippen LogP contribution < -0.4 is 15.0 Å². The van der Waals surface area contributed by atoms with E-state index in [9.17, 15) is 4.79 Å². The third-order valence-electron chi connectivity index (χ3n) is 3.05. The van der Waals surface area contributed by atoms with Gasteiger partial charge in [0.25, 0.3) is 5.91 Å². The second kappa shape index (κ2) is 2.90. The van der Waals surface area contributed by atoms with Crippen molar-refractivity contribution in [1.82, 2.24) is 0 Å². The second-order valence-corrected chi connectivity index (χ2v) is 4.65. The fourth-order valence-corrected chi connectivity index (χ4v) is 2.29. The number of benzene rings is 1. The molecule has 1 N–H and O–H groups in total. The van der Waals surface area contributed by atoms with Gasteiger partial charge in [0.1, 0.15) is 11.4 Å². The number of nitrogens with one attached hydrogen (secondary N) is 1. The predicted molar refractivity (Wildman–Crippen MR) is 62.0 cm³/mol. The summed E-state index contributed by atoms with van der Waals surface area (Å²) >= 11 is 0. The highest BCUT2D eigenvalue weighted by atomic mass is 16.5. The van der Waals surface area contributed by atoms with Crippen molar-refractivity contribution in [3.63, 3.8) is 0 Å². The summed E-state index contributed by atoms with van der Waals surface area (Å²) in [6, 6.07) is 5.82. The van der Waals surface area contributed by atoms with E-state index in [2.05, 4.69) is 5.32 Å². The normalized spacial score (nSPS) is 20.9. The summed E-state index contributed by atoms with van der Waals surface area (Å²) in [5.41, 5.74) is 1.11. The number of para-hydroxylation sites is 1. The molecule has 0 unspecified atom stereocenters. The molecule has 1 aromatic carbocycles. The SMILES string of the molecule is CC1(C)Oc2cccc3c2N(CCN3)C1=O. The van der Waals surface area contributed by atoms with Crippen LogP contribution in [0.2, 0.25) is 0 Å². The van der Waals surface area contributed by atoms with Gasteiger partial charge in [0.15, 0.2) is 5.60 Å². The van der Waals surface area contributed by atoms with Gasteiger partial charge in [-0.25, -0.2) is 0 Å². The number of nitrogens with zero attached hydrogens (tertiary/aromatic N) is 1. The zero-order valence-electron chi connectivity index (χ0n) is 9.41. The molecule has 2 aliphatic heterocycles. The molecule has 0 aliphatic carbocycles. The first-order valence-corrected chi connectivity index (χ1v) is 5.47. The Morgan fingerprint density at radius 1 is 1.44 bits per heavy atom. The van der Waals surface area contributed by atoms with E-state index in [0.29, 0.717) is 6.54 Å². The second-order valence-electron chi connectivity index (χ2n) is 4.65. The number of amides is 1. The highest BCUT2D eigenvalue weighted by Gasteiger charge is 2.42. The summed E-state index contributed by atoms with van der Waals surface area (Å²) in [5.74, 6) is 0.822. The Kier molecular flexibility index (Phi) is 1.73. The predicted octanol–water partition coefficient (Wildman–Crippen LogP) is 1.62. The molecule has 0 radical (unpaired) electrons. The quantitative estimate of drug-likeness (QED) is 0.719. The molecule has 4 heteroatoms. The van der Waals surface area contributed by atoms with Crippen molar-refractivity contribution in [2.24, 2.45) is 0 Å². The summed E-state index contributed by atoms with van der Waals surface area (Å²) in [5, 5.41) is 3.28. The van der Waals surface area contributed by atoms with E-state index in [4.69, 9.17) is 4.74 Å². The molecule has 1 amide bonds. The summed E-state index contributed by atoms with van der Waals surface area (Å²) < 4.78 is 5.75. The summed E-state index contributed by atoms with van der Waals surface area (Å²) in [6.07, 6.45) is 0. The first kappa shape index (κ1) is 9.51. The van der Waals surface area contributed by atoms with Gasteiger partial charge in [-0.05, 0) is 26.0 Å². The van der Waals surface area contributed by atoms with Crippen LogP contribution >= 0.6 is 0 Å². The van der Waals surface area contributed by atoms with Crippen LogP contribution in [0.5, 0.6) is 5.75 Å². The molecule has 84 valence electrons. The molecule has 0 saturated heterocycles. The molecular formula is C12H14N2O2. The number of carbonyl (C=O) groups is 1. The van der Waals surface area contributed by atoms with Gasteiger partial charge in [-0.15, -0.1) is 0 Å². The first-order valence-electron chi connectivity index (χ1n) is 5.47. The lowest BCUT2D eigenvalue weighted by molar-refractivity contribution is -0.132. The fraction of sp³-hybridized carbons (Fsp3) is 0.417. The number of hydrogen-bond donors (Lipinski definition) is 1. The topological polar surface area (TPSA) is 41.6 Å². The van der Waals surface area contributed by atoms with Gasteiger partial charge in [-0.1, -0.05) is 6.07 Å². The van der Waals surface area contributed by atoms with Crippen LogP contribution in [0.4, 0.5) is 11.4 Å². The van der Waals surface area contributed by atoms with Crippen LogP contribution in [0.15, 0.2) is 18.2 Å². The lowest BCUT2D eigenvalue weighted by atomic mass is 10.0. The first-order chi connectivity index (χ1) is 7.59. The molecule has 2 heterocycles. The smallest absolute Gasteiger partial charge is 0.270 e. The fourth-order valence-electron chi connectivity index (χ4n) is 2.29. The Hall–Kier alpha value is -1.71. The summed E-state index contributed by atoms with van der Waals surface area (Å²) in [7, 11) is 0. The molecule has 16 heavy (non-hydrogen) atoms. The van der Waals surface area contributed by atoms with Crippen LogP contribution in [0.1, 0.15) is 13.8 Å². The lowest BCUT2D eigenvalue weighted by Gasteiger charge is -2.41. The Morgan fingerprint density at radius 3 is 3.06 bits per heavy atom. The van der Waals surface area contributed by atoms with Crippen LogP contribution in [0.3, 0.4) is 0 Å². The van der Waals surface area contributed by atoms with E-state index < -0.39 is 5.60 Å². The standard InChI is InChI=1S/C12H14N2O2/c1-12(2)11(15)14-7-6-13-8-4-3-5-9(16-12)10(8)14/h3-5,13H,6-7H2,1-2H3. The monoisotopic (exact) mass is 218 g/mol. The van der Waals surface area contributed by atoms with Crippen LogP contribution in [-0.4, -0.2) is 24.6 Å². The number of rotatable bonds is 0. The molecule has 2 aliphatic rings. The Morgan fingerprint density at radius 2 is 2.25 bits per heavy atom. The minimum Gasteiger partial charge on any atom is -0.476 e. The van der Waals surface area contributed by atoms with E-state index in [-0.39, 0.29) is 5.91 Å². The van der Waals surface area contributed by atoms with E-state index in [0.717, 1.165) is 23.7 Å². The molecule has 3 rings (SSSR count). The number of hydrogen-bond acceptors (Lipinski definition) is 3. The lowest BCUT2D eigenvalue weighted by Crippen LogP contribution is -2.55. The van der Waals surface area contributed by atoms with Gasteiger partial charge in [0.05, 0.1) is 5.69 Å². The Labute approximate surface area is 94.2 Å². The molecule has 0 fully saturated rings. The molecule has 1 aromatic rings. The minimum absolute atomic E-state index is 0.0361. The highest BCUT2D eigenvalue weighted by Crippen LogP contribution is 2.43. The van der Waals surface area contributed by atoms with E-state index in [1.54, 1.807) is 0 Å². The zero-order valence-corrected chi connectivity index (χ0v) is 9.41. The largest absolute Gasteiger partial charge is 0.476 e. The Balaban J connectivity index is 2.21. The number of anilines is 2.